The molecule has 0 aliphatic heterocycles. The van der Waals surface area contributed by atoms with Crippen LogP contribution in [0.15, 0.2) is 0 Å². The molecular formula is C15H30N2. The third-order valence-corrected chi connectivity index (χ3v) is 5.92. The molecule has 4 unspecified atom stereocenters. The van der Waals surface area contributed by atoms with Gasteiger partial charge in [-0.3, -0.25) is 4.90 Å². The van der Waals surface area contributed by atoms with E-state index in [0.717, 1.165) is 24.3 Å². The predicted molar refractivity (Wildman–Crippen MR) is 73.9 cm³/mol. The number of likely N-dealkylation sites (N-methyl/N-ethyl adjacent to an activating group) is 1. The van der Waals surface area contributed by atoms with E-state index >= 15 is 0 Å². The van der Waals surface area contributed by atoms with E-state index in [9.17, 15) is 0 Å². The van der Waals surface area contributed by atoms with Crippen LogP contribution in [0.3, 0.4) is 0 Å². The first kappa shape index (κ1) is 13.4. The van der Waals surface area contributed by atoms with E-state index in [1.807, 2.05) is 0 Å². The monoisotopic (exact) mass is 238 g/mol. The summed E-state index contributed by atoms with van der Waals surface area (Å²) in [6.07, 6.45) is 5.99. The van der Waals surface area contributed by atoms with Crippen LogP contribution >= 0.6 is 0 Å². The average Bonchev–Trinajstić information content (AvgIpc) is 2.89. The second-order valence-electron chi connectivity index (χ2n) is 7.03. The van der Waals surface area contributed by atoms with Crippen LogP contribution < -0.4 is 5.73 Å². The summed E-state index contributed by atoms with van der Waals surface area (Å²) in [5.41, 5.74) is 6.19. The molecule has 2 nitrogen and oxygen atoms in total. The van der Waals surface area contributed by atoms with E-state index < -0.39 is 0 Å². The zero-order valence-corrected chi connectivity index (χ0v) is 12.1. The summed E-state index contributed by atoms with van der Waals surface area (Å²) < 4.78 is 0. The third-order valence-electron chi connectivity index (χ3n) is 5.92. The predicted octanol–water partition coefficient (Wildman–Crippen LogP) is 2.73. The minimum absolute atomic E-state index is 0.168. The van der Waals surface area contributed by atoms with E-state index in [1.54, 1.807) is 0 Å². The molecule has 100 valence electrons. The molecule has 17 heavy (non-hydrogen) atoms. The molecule has 0 aromatic heterocycles. The lowest BCUT2D eigenvalue weighted by atomic mass is 9.83. The quantitative estimate of drug-likeness (QED) is 0.798. The summed E-state index contributed by atoms with van der Waals surface area (Å²) in [6, 6.07) is 0. The van der Waals surface area contributed by atoms with Gasteiger partial charge in [0.2, 0.25) is 0 Å². The Labute approximate surface area is 107 Å². The molecule has 2 aliphatic rings. The van der Waals surface area contributed by atoms with Gasteiger partial charge >= 0.3 is 0 Å². The van der Waals surface area contributed by atoms with Crippen molar-refractivity contribution in [2.75, 3.05) is 20.1 Å². The van der Waals surface area contributed by atoms with Gasteiger partial charge in [-0.25, -0.2) is 0 Å². The number of rotatable bonds is 5. The molecule has 0 amide bonds. The Morgan fingerprint density at radius 3 is 2.41 bits per heavy atom. The second kappa shape index (κ2) is 4.89. The van der Waals surface area contributed by atoms with E-state index in [-0.39, 0.29) is 5.54 Å². The van der Waals surface area contributed by atoms with Crippen molar-refractivity contribution in [1.29, 1.82) is 0 Å². The van der Waals surface area contributed by atoms with Crippen molar-refractivity contribution in [1.82, 2.24) is 4.90 Å². The summed E-state index contributed by atoms with van der Waals surface area (Å²) in [4.78, 5) is 2.54. The topological polar surface area (TPSA) is 29.3 Å². The third kappa shape index (κ3) is 2.39. The lowest BCUT2D eigenvalue weighted by Gasteiger charge is -2.43. The average molecular weight is 238 g/mol. The molecule has 2 fully saturated rings. The molecule has 2 N–H and O–H groups in total. The largest absolute Gasteiger partial charge is 0.329 e. The fourth-order valence-electron chi connectivity index (χ4n) is 3.99. The zero-order valence-electron chi connectivity index (χ0n) is 12.1. The number of fused-ring (bicyclic) bond motifs is 2. The van der Waals surface area contributed by atoms with Crippen molar-refractivity contribution in [3.63, 3.8) is 0 Å². The first-order chi connectivity index (χ1) is 7.97. The number of nitrogens with zero attached hydrogens (tertiary/aromatic N) is 1. The van der Waals surface area contributed by atoms with E-state index in [0.29, 0.717) is 5.92 Å². The standard InChI is InChI=1S/C15H30N2/c1-11(2)15(3,10-16)17(4)9-14-8-12-5-6-13(14)7-12/h11-14H,5-10,16H2,1-4H3. The van der Waals surface area contributed by atoms with Gasteiger partial charge in [-0.05, 0) is 56.9 Å². The normalized spacial score (nSPS) is 35.8. The summed E-state index contributed by atoms with van der Waals surface area (Å²) in [7, 11) is 2.28. The van der Waals surface area contributed by atoms with Crippen molar-refractivity contribution < 1.29 is 0 Å². The van der Waals surface area contributed by atoms with Crippen molar-refractivity contribution in [3.05, 3.63) is 0 Å². The minimum Gasteiger partial charge on any atom is -0.329 e. The first-order valence-electron chi connectivity index (χ1n) is 7.38. The fourth-order valence-corrected chi connectivity index (χ4v) is 3.99. The van der Waals surface area contributed by atoms with Gasteiger partial charge in [0, 0.05) is 18.6 Å². The zero-order chi connectivity index (χ0) is 12.6. The Hall–Kier alpha value is -0.0800. The smallest absolute Gasteiger partial charge is 0.0323 e. The molecule has 0 saturated heterocycles. The molecule has 2 rings (SSSR count). The molecule has 0 spiro atoms. The van der Waals surface area contributed by atoms with Gasteiger partial charge in [0.1, 0.15) is 0 Å². The molecule has 2 aliphatic carbocycles. The van der Waals surface area contributed by atoms with E-state index in [2.05, 4.69) is 32.7 Å². The molecular weight excluding hydrogens is 208 g/mol. The Bertz CT molecular complexity index is 264. The van der Waals surface area contributed by atoms with Crippen LogP contribution in [-0.2, 0) is 0 Å². The van der Waals surface area contributed by atoms with Crippen molar-refractivity contribution in [3.8, 4) is 0 Å². The summed E-state index contributed by atoms with van der Waals surface area (Å²) >= 11 is 0. The molecule has 2 heteroatoms. The van der Waals surface area contributed by atoms with Crippen molar-refractivity contribution in [2.24, 2.45) is 29.4 Å². The van der Waals surface area contributed by atoms with Crippen LogP contribution in [0, 0.1) is 23.7 Å². The van der Waals surface area contributed by atoms with Gasteiger partial charge in [0.05, 0.1) is 0 Å². The highest BCUT2D eigenvalue weighted by atomic mass is 15.2. The molecule has 4 atom stereocenters. The minimum atomic E-state index is 0.168. The van der Waals surface area contributed by atoms with Gasteiger partial charge in [-0.1, -0.05) is 20.3 Å². The van der Waals surface area contributed by atoms with Crippen LogP contribution in [0.25, 0.3) is 0 Å². The fraction of sp³-hybridized carbons (Fsp3) is 1.00. The maximum atomic E-state index is 6.02. The van der Waals surface area contributed by atoms with Crippen LogP contribution in [0.4, 0.5) is 0 Å². The molecule has 0 heterocycles. The number of nitrogens with two attached hydrogens (primary N) is 1. The Balaban J connectivity index is 1.94. The number of hydrogen-bond donors (Lipinski definition) is 1. The lowest BCUT2D eigenvalue weighted by Crippen LogP contribution is -2.55. The van der Waals surface area contributed by atoms with Gasteiger partial charge in [0.25, 0.3) is 0 Å². The summed E-state index contributed by atoms with van der Waals surface area (Å²) in [6.45, 7) is 8.94. The summed E-state index contributed by atoms with van der Waals surface area (Å²) in [5.74, 6) is 3.65. The lowest BCUT2D eigenvalue weighted by molar-refractivity contribution is 0.0672. The van der Waals surface area contributed by atoms with Crippen LogP contribution in [-0.4, -0.2) is 30.6 Å². The Morgan fingerprint density at radius 1 is 1.29 bits per heavy atom. The van der Waals surface area contributed by atoms with Crippen molar-refractivity contribution in [2.45, 2.75) is 52.0 Å². The number of hydrogen-bond acceptors (Lipinski definition) is 2. The SMILES string of the molecule is CC(C)C(C)(CN)N(C)CC1CC2CCC1C2. The maximum absolute atomic E-state index is 6.02. The van der Waals surface area contributed by atoms with Gasteiger partial charge in [0.15, 0.2) is 0 Å². The van der Waals surface area contributed by atoms with Gasteiger partial charge < -0.3 is 5.73 Å². The maximum Gasteiger partial charge on any atom is 0.0323 e. The second-order valence-corrected chi connectivity index (χ2v) is 7.03. The molecule has 2 bridgehead atoms. The van der Waals surface area contributed by atoms with Crippen molar-refractivity contribution >= 4 is 0 Å². The highest BCUT2D eigenvalue weighted by Crippen LogP contribution is 2.48. The first-order valence-corrected chi connectivity index (χ1v) is 7.38. The van der Waals surface area contributed by atoms with E-state index in [4.69, 9.17) is 5.73 Å². The van der Waals surface area contributed by atoms with Crippen LogP contribution in [0.1, 0.15) is 46.5 Å². The highest BCUT2D eigenvalue weighted by Gasteiger charge is 2.41. The molecule has 0 radical (unpaired) electrons. The van der Waals surface area contributed by atoms with Crippen LogP contribution in [0.5, 0.6) is 0 Å². The Morgan fingerprint density at radius 2 is 2.00 bits per heavy atom. The van der Waals surface area contributed by atoms with Crippen LogP contribution in [0.2, 0.25) is 0 Å². The summed E-state index contributed by atoms with van der Waals surface area (Å²) in [5, 5.41) is 0. The van der Waals surface area contributed by atoms with Gasteiger partial charge in [-0.2, -0.15) is 0 Å². The highest BCUT2D eigenvalue weighted by molar-refractivity contribution is 4.95. The molecule has 0 aromatic carbocycles. The molecule has 0 aromatic rings. The van der Waals surface area contributed by atoms with Gasteiger partial charge in [-0.15, -0.1) is 0 Å². The Kier molecular flexibility index (Phi) is 3.84. The van der Waals surface area contributed by atoms with E-state index in [1.165, 1.54) is 32.2 Å². The molecule has 2 saturated carbocycles.